The minimum Gasteiger partial charge on any atom is -0.479 e. The summed E-state index contributed by atoms with van der Waals surface area (Å²) in [5, 5.41) is 18.0. The number of carboxylic acids is 1. The molecule has 0 amide bonds. The van der Waals surface area contributed by atoms with Crippen molar-refractivity contribution >= 4 is 5.97 Å². The van der Waals surface area contributed by atoms with Gasteiger partial charge in [-0.1, -0.05) is 24.3 Å². The van der Waals surface area contributed by atoms with Crippen molar-refractivity contribution in [3.63, 3.8) is 0 Å². The van der Waals surface area contributed by atoms with E-state index in [-0.39, 0.29) is 12.7 Å². The number of ether oxygens (including phenoxy) is 1. The molecule has 4 nitrogen and oxygen atoms in total. The van der Waals surface area contributed by atoms with Crippen molar-refractivity contribution in [3.8, 4) is 0 Å². The molecule has 1 unspecified atom stereocenters. The number of hydrogen-bond acceptors (Lipinski definition) is 3. The first-order valence-corrected chi connectivity index (χ1v) is 5.60. The fraction of sp³-hybridized carbons (Fsp3) is 0.462. The van der Waals surface area contributed by atoms with Gasteiger partial charge in [-0.05, 0) is 25.0 Å². The van der Waals surface area contributed by atoms with Crippen LogP contribution in [-0.4, -0.2) is 28.4 Å². The second-order valence-corrected chi connectivity index (χ2v) is 4.19. The van der Waals surface area contributed by atoms with Gasteiger partial charge in [0, 0.05) is 6.42 Å². The van der Waals surface area contributed by atoms with Crippen LogP contribution in [0.1, 0.15) is 25.0 Å². The van der Waals surface area contributed by atoms with Crippen molar-refractivity contribution in [1.29, 1.82) is 0 Å². The van der Waals surface area contributed by atoms with E-state index in [9.17, 15) is 4.79 Å². The topological polar surface area (TPSA) is 66.8 Å². The lowest BCUT2D eigenvalue weighted by Crippen LogP contribution is -2.29. The molecule has 2 N–H and O–H groups in total. The number of benzene rings is 1. The number of aliphatic hydroxyl groups is 1. The normalized spacial score (nSPS) is 12.7. The molecule has 0 aliphatic carbocycles. The maximum absolute atomic E-state index is 11.0. The SMILES string of the molecule is CC(C)OC(Cc1cccc(CO)c1)C(=O)O. The molecule has 0 bridgehead atoms. The number of aliphatic carboxylic acids is 1. The predicted molar refractivity (Wildman–Crippen MR) is 63.7 cm³/mol. The van der Waals surface area contributed by atoms with E-state index in [1.54, 1.807) is 32.0 Å². The van der Waals surface area contributed by atoms with Crippen molar-refractivity contribution in [1.82, 2.24) is 0 Å². The first kappa shape index (κ1) is 13.7. The molecule has 0 aliphatic heterocycles. The molecule has 1 atom stereocenters. The highest BCUT2D eigenvalue weighted by Gasteiger charge is 2.19. The van der Waals surface area contributed by atoms with E-state index in [0.717, 1.165) is 11.1 Å². The molecule has 0 spiro atoms. The van der Waals surface area contributed by atoms with Crippen molar-refractivity contribution in [2.24, 2.45) is 0 Å². The highest BCUT2D eigenvalue weighted by atomic mass is 16.5. The molecule has 94 valence electrons. The van der Waals surface area contributed by atoms with Crippen LogP contribution in [0.2, 0.25) is 0 Å². The second kappa shape index (κ2) is 6.37. The fourth-order valence-electron chi connectivity index (χ4n) is 1.59. The molecule has 1 aromatic carbocycles. The zero-order chi connectivity index (χ0) is 12.8. The van der Waals surface area contributed by atoms with Crippen LogP contribution in [0.5, 0.6) is 0 Å². The van der Waals surface area contributed by atoms with Gasteiger partial charge >= 0.3 is 5.97 Å². The quantitative estimate of drug-likeness (QED) is 0.790. The molecule has 0 radical (unpaired) electrons. The molecule has 4 heteroatoms. The van der Waals surface area contributed by atoms with Crippen molar-refractivity contribution < 1.29 is 19.7 Å². The van der Waals surface area contributed by atoms with Gasteiger partial charge in [-0.2, -0.15) is 0 Å². The average Bonchev–Trinajstić information content (AvgIpc) is 2.27. The average molecular weight is 238 g/mol. The smallest absolute Gasteiger partial charge is 0.333 e. The van der Waals surface area contributed by atoms with E-state index in [0.29, 0.717) is 6.42 Å². The molecular weight excluding hydrogens is 220 g/mol. The third-order valence-electron chi connectivity index (χ3n) is 2.31. The van der Waals surface area contributed by atoms with Gasteiger partial charge in [-0.25, -0.2) is 4.79 Å². The Bertz CT molecular complexity index is 373. The summed E-state index contributed by atoms with van der Waals surface area (Å²) in [4.78, 5) is 11.0. The number of hydrogen-bond donors (Lipinski definition) is 2. The summed E-state index contributed by atoms with van der Waals surface area (Å²) in [5.74, 6) is -0.965. The van der Waals surface area contributed by atoms with Crippen LogP contribution in [-0.2, 0) is 22.6 Å². The fourth-order valence-corrected chi connectivity index (χ4v) is 1.59. The lowest BCUT2D eigenvalue weighted by Gasteiger charge is -2.16. The summed E-state index contributed by atoms with van der Waals surface area (Å²) in [6, 6.07) is 7.22. The molecule has 0 heterocycles. The van der Waals surface area contributed by atoms with Crippen LogP contribution in [0, 0.1) is 0 Å². The molecule has 0 fully saturated rings. The number of carboxylic acid groups (broad SMARTS) is 1. The van der Waals surface area contributed by atoms with Gasteiger partial charge in [0.1, 0.15) is 0 Å². The lowest BCUT2D eigenvalue weighted by atomic mass is 10.1. The minimum absolute atomic E-state index is 0.0450. The zero-order valence-electron chi connectivity index (χ0n) is 10.1. The van der Waals surface area contributed by atoms with Crippen LogP contribution in [0.25, 0.3) is 0 Å². The van der Waals surface area contributed by atoms with Gasteiger partial charge in [0.2, 0.25) is 0 Å². The van der Waals surface area contributed by atoms with E-state index in [1.807, 2.05) is 6.07 Å². The Morgan fingerprint density at radius 2 is 2.00 bits per heavy atom. The third-order valence-corrected chi connectivity index (χ3v) is 2.31. The van der Waals surface area contributed by atoms with Crippen molar-refractivity contribution in [2.45, 2.75) is 39.1 Å². The molecular formula is C13H18O4. The summed E-state index contributed by atoms with van der Waals surface area (Å²) in [6.45, 7) is 3.57. The summed E-state index contributed by atoms with van der Waals surface area (Å²) in [5.41, 5.74) is 1.63. The minimum atomic E-state index is -0.965. The first-order chi connectivity index (χ1) is 8.02. The lowest BCUT2D eigenvalue weighted by molar-refractivity contribution is -0.153. The Morgan fingerprint density at radius 3 is 2.53 bits per heavy atom. The zero-order valence-corrected chi connectivity index (χ0v) is 10.1. The summed E-state index contributed by atoms with van der Waals surface area (Å²) in [7, 11) is 0. The van der Waals surface area contributed by atoms with E-state index in [2.05, 4.69) is 0 Å². The maximum Gasteiger partial charge on any atom is 0.333 e. The number of rotatable bonds is 6. The van der Waals surface area contributed by atoms with Gasteiger partial charge in [0.25, 0.3) is 0 Å². The monoisotopic (exact) mass is 238 g/mol. The third kappa shape index (κ3) is 4.54. The van der Waals surface area contributed by atoms with E-state index in [1.165, 1.54) is 0 Å². The van der Waals surface area contributed by atoms with Gasteiger partial charge in [0.05, 0.1) is 12.7 Å². The summed E-state index contributed by atoms with van der Waals surface area (Å²) >= 11 is 0. The molecule has 0 aliphatic rings. The van der Waals surface area contributed by atoms with Crippen LogP contribution >= 0.6 is 0 Å². The first-order valence-electron chi connectivity index (χ1n) is 5.60. The molecule has 0 saturated carbocycles. The second-order valence-electron chi connectivity index (χ2n) is 4.19. The molecule has 1 rings (SSSR count). The summed E-state index contributed by atoms with van der Waals surface area (Å²) < 4.78 is 5.33. The Balaban J connectivity index is 2.74. The maximum atomic E-state index is 11.0. The van der Waals surface area contributed by atoms with Crippen molar-refractivity contribution in [3.05, 3.63) is 35.4 Å². The number of carbonyl (C=O) groups is 1. The Kier molecular flexibility index (Phi) is 5.12. The number of aliphatic hydroxyl groups excluding tert-OH is 1. The van der Waals surface area contributed by atoms with Gasteiger partial charge in [0.15, 0.2) is 6.10 Å². The van der Waals surface area contributed by atoms with Crippen LogP contribution in [0.3, 0.4) is 0 Å². The molecule has 17 heavy (non-hydrogen) atoms. The van der Waals surface area contributed by atoms with Crippen LogP contribution in [0.15, 0.2) is 24.3 Å². The molecule has 0 aromatic heterocycles. The highest BCUT2D eigenvalue weighted by Crippen LogP contribution is 2.11. The highest BCUT2D eigenvalue weighted by molar-refractivity contribution is 5.72. The van der Waals surface area contributed by atoms with Gasteiger partial charge in [-0.15, -0.1) is 0 Å². The van der Waals surface area contributed by atoms with Gasteiger partial charge in [-0.3, -0.25) is 0 Å². The van der Waals surface area contributed by atoms with Gasteiger partial charge < -0.3 is 14.9 Å². The van der Waals surface area contributed by atoms with Crippen LogP contribution < -0.4 is 0 Å². The van der Waals surface area contributed by atoms with E-state index in [4.69, 9.17) is 14.9 Å². The molecule has 1 aromatic rings. The predicted octanol–water partition coefficient (Wildman–Crippen LogP) is 1.60. The van der Waals surface area contributed by atoms with E-state index < -0.39 is 12.1 Å². The Hall–Kier alpha value is -1.39. The standard InChI is InChI=1S/C13H18O4/c1-9(2)17-12(13(15)16)7-10-4-3-5-11(6-10)8-14/h3-6,9,12,14H,7-8H2,1-2H3,(H,15,16). The molecule has 0 saturated heterocycles. The Labute approximate surface area is 101 Å². The van der Waals surface area contributed by atoms with Crippen LogP contribution in [0.4, 0.5) is 0 Å². The largest absolute Gasteiger partial charge is 0.479 e. The van der Waals surface area contributed by atoms with Crippen molar-refractivity contribution in [2.75, 3.05) is 0 Å². The van der Waals surface area contributed by atoms with E-state index >= 15 is 0 Å². The Morgan fingerprint density at radius 1 is 1.35 bits per heavy atom. The summed E-state index contributed by atoms with van der Waals surface area (Å²) in [6.07, 6.45) is -0.664.